The average molecular weight is 1140 g/mol. The number of carbonyl (C=O) groups is 3. The number of ether oxygens (including phenoxy) is 5. The summed E-state index contributed by atoms with van der Waals surface area (Å²) < 4.78 is 26.4. The van der Waals surface area contributed by atoms with Crippen molar-refractivity contribution in [2.45, 2.75) is 224 Å². The third-order valence-electron chi connectivity index (χ3n) is 28.3. The molecule has 0 bridgehead atoms. The monoisotopic (exact) mass is 1140 g/mol. The van der Waals surface area contributed by atoms with Gasteiger partial charge >= 0.3 is 11.9 Å². The molecule has 10 aliphatic rings. The second-order valence-corrected chi connectivity index (χ2v) is 32.2. The zero-order chi connectivity index (χ0) is 59.0. The molecule has 1 unspecified atom stereocenters. The number of halogens is 1. The summed E-state index contributed by atoms with van der Waals surface area (Å²) >= 11 is 4.81. The van der Waals surface area contributed by atoms with Crippen molar-refractivity contribution in [1.82, 2.24) is 0 Å². The maximum Gasteiger partial charge on any atom is 0.332 e. The first-order valence-corrected chi connectivity index (χ1v) is 32.3. The van der Waals surface area contributed by atoms with Crippen molar-refractivity contribution in [3.8, 4) is 0 Å². The molecule has 10 aliphatic carbocycles. The first kappa shape index (κ1) is 64.2. The summed E-state index contributed by atoms with van der Waals surface area (Å²) in [7, 11) is 4.52. The van der Waals surface area contributed by atoms with Crippen molar-refractivity contribution in [3.63, 3.8) is 0 Å². The Balaban J connectivity index is 0.000000196. The van der Waals surface area contributed by atoms with Crippen molar-refractivity contribution in [3.05, 3.63) is 24.3 Å². The van der Waals surface area contributed by atoms with E-state index in [0.29, 0.717) is 76.8 Å². The third kappa shape index (κ3) is 10.1. The van der Waals surface area contributed by atoms with Gasteiger partial charge in [-0.15, -0.1) is 0 Å². The highest BCUT2D eigenvalue weighted by Crippen LogP contribution is 2.80. The molecule has 2 N–H and O–H groups in total. The normalized spacial score (nSPS) is 47.1. The Morgan fingerprint density at radius 1 is 0.500 bits per heavy atom. The molecule has 0 radical (unpaired) electrons. The van der Waals surface area contributed by atoms with Crippen LogP contribution in [0.1, 0.15) is 212 Å². The number of allylic oxidation sites excluding steroid dienone is 2. The van der Waals surface area contributed by atoms with E-state index in [1.165, 1.54) is 108 Å². The van der Waals surface area contributed by atoms with Gasteiger partial charge in [-0.3, -0.25) is 4.79 Å². The van der Waals surface area contributed by atoms with E-state index in [0.717, 1.165) is 50.4 Å². The number of aliphatic hydroxyl groups is 2. The Bertz CT molecular complexity index is 2300. The molecule has 10 nitrogen and oxygen atoms in total. The minimum atomic E-state index is -0.461. The van der Waals surface area contributed by atoms with E-state index >= 15 is 0 Å². The summed E-state index contributed by atoms with van der Waals surface area (Å²) in [6.45, 7) is 39.6. The largest absolute Gasteiger partial charge is 0.463 e. The first-order valence-electron chi connectivity index (χ1n) is 31.9. The Morgan fingerprint density at radius 3 is 1.41 bits per heavy atom. The molecule has 0 saturated heterocycles. The van der Waals surface area contributed by atoms with Crippen molar-refractivity contribution in [1.29, 1.82) is 0 Å². The predicted molar refractivity (Wildman–Crippen MR) is 318 cm³/mol. The first-order chi connectivity index (χ1) is 37.3. The summed E-state index contributed by atoms with van der Waals surface area (Å²) in [6, 6.07) is 0. The number of esters is 2. The zero-order valence-electron chi connectivity index (χ0n) is 53.1. The van der Waals surface area contributed by atoms with Crippen molar-refractivity contribution in [2.24, 2.45) is 113 Å². The molecule has 20 atom stereocenters. The summed E-state index contributed by atoms with van der Waals surface area (Å²) in [4.78, 5) is 34.5. The molecule has 0 aromatic rings. The van der Waals surface area contributed by atoms with Gasteiger partial charge in [0.25, 0.3) is 0 Å². The second kappa shape index (κ2) is 23.1. The number of fused-ring (bicyclic) bond motifs is 14. The fourth-order valence-electron chi connectivity index (χ4n) is 24.1. The molecule has 0 amide bonds. The van der Waals surface area contributed by atoms with Gasteiger partial charge in [-0.05, 0) is 256 Å². The van der Waals surface area contributed by atoms with Gasteiger partial charge in [0, 0.05) is 38.8 Å². The fraction of sp³-hybridized carbons (Fsp3) is 0.899. The van der Waals surface area contributed by atoms with Crippen LogP contribution in [-0.4, -0.2) is 94.0 Å². The van der Waals surface area contributed by atoms with Crippen LogP contribution in [0.25, 0.3) is 0 Å². The van der Waals surface area contributed by atoms with E-state index in [4.69, 9.17) is 30.5 Å². The number of rotatable bonds is 12. The van der Waals surface area contributed by atoms with Gasteiger partial charge in [0.15, 0.2) is 0 Å². The second-order valence-electron chi connectivity index (χ2n) is 31.8. The van der Waals surface area contributed by atoms with Crippen LogP contribution >= 0.6 is 11.6 Å². The highest BCUT2D eigenvalue weighted by molar-refractivity contribution is 6.63. The maximum absolute atomic E-state index is 12.4. The van der Waals surface area contributed by atoms with Crippen LogP contribution in [0.15, 0.2) is 24.3 Å². The highest BCUT2D eigenvalue weighted by Gasteiger charge is 2.73. The molecule has 456 valence electrons. The molecule has 0 heterocycles. The minimum absolute atomic E-state index is 0.00154. The van der Waals surface area contributed by atoms with Gasteiger partial charge in [-0.25, -0.2) is 9.59 Å². The smallest absolute Gasteiger partial charge is 0.332 e. The lowest BCUT2D eigenvalue weighted by atomic mass is 9.32. The van der Waals surface area contributed by atoms with E-state index in [1.807, 2.05) is 0 Å². The number of methoxy groups -OCH3 is 3. The number of hydrogen-bond acceptors (Lipinski definition) is 10. The summed E-state index contributed by atoms with van der Waals surface area (Å²) in [5.74, 6) is 5.64. The molecule has 10 rings (SSSR count). The topological polar surface area (TPSA) is 138 Å². The highest BCUT2D eigenvalue weighted by atomic mass is 35.5. The quantitative estimate of drug-likeness (QED) is 0.110. The molecule has 0 aliphatic heterocycles. The van der Waals surface area contributed by atoms with Crippen LogP contribution in [0.5, 0.6) is 0 Å². The van der Waals surface area contributed by atoms with Crippen LogP contribution in [0, 0.1) is 113 Å². The van der Waals surface area contributed by atoms with E-state index in [-0.39, 0.29) is 81.9 Å². The van der Waals surface area contributed by atoms with Crippen molar-refractivity contribution >= 4 is 28.8 Å². The zero-order valence-corrected chi connectivity index (χ0v) is 53.8. The molecule has 0 aromatic carbocycles. The Kier molecular flexibility index (Phi) is 18.6. The Hall–Kier alpha value is -1.82. The Labute approximate surface area is 490 Å². The number of carbonyl (C=O) groups excluding carboxylic acids is 3. The summed E-state index contributed by atoms with van der Waals surface area (Å²) in [5, 5.41) is 21.1. The molecule has 0 aromatic heterocycles. The fourth-order valence-corrected chi connectivity index (χ4v) is 24.2. The number of aliphatic hydroxyl groups excluding tert-OH is 2. The number of hydrogen-bond donors (Lipinski definition) is 2. The molecule has 10 saturated carbocycles. The van der Waals surface area contributed by atoms with E-state index in [2.05, 4.69) is 101 Å². The standard InChI is InChI=1S/C36H58O6.C30H50O2.C3H5ClO2/c1-23(2)24-12-17-36(22-41-29(37)20-39-8)19-18-34(6)25(31(24)36)10-11-27-33(5)15-14-28(42-30(38)21-40-9)32(3,4)26(33)13-16-35(27,34)7;1-19(2)20-10-15-30(18-31)17-16-28(6)21(25(20)30)8-9-23-27(5)13-12-24(32)26(3,4)22(27)11-14-29(23,28)7;1-6-2-3(4)5/h24-28,31H,1,10-22H2,2-9H3;20-25,31-32H,1,8-18H2,2-7H3;2H2,1H3/t24?,25-,26+,27-,28+,31-,33+,34-,35-,36-;20-,21+,22-,23+,24-,25+,27-,28+,29+,30+;/m10./s1. The average Bonchev–Trinajstić information content (AvgIpc) is 3.97. The van der Waals surface area contributed by atoms with Crippen molar-refractivity contribution in [2.75, 3.05) is 54.4 Å². The maximum atomic E-state index is 12.4. The van der Waals surface area contributed by atoms with Gasteiger partial charge in [-0.2, -0.15) is 0 Å². The van der Waals surface area contributed by atoms with Crippen LogP contribution < -0.4 is 0 Å². The van der Waals surface area contributed by atoms with Crippen LogP contribution in [0.2, 0.25) is 0 Å². The third-order valence-corrected chi connectivity index (χ3v) is 28.4. The SMILES string of the molecule is C=C(C)C1CC[C@]2(COC(=O)COC)CC[C@]3(C)[C@H](CC[C@@H]4[C@@]5(C)CC[C@H](OC(=O)COC)C(C)(C)[C@@H]5CC[C@]43C)[C@@H]12.C=C(C)[C@@H]1CC[C@]2(CO)CC[C@]3(C)[C@H](CC[C@@H]4[C@@]5(C)CC[C@H](O)C(C)(C)[C@@H]5CC[C@]43C)[C@@H]12.COCC(=O)Cl. The lowest BCUT2D eigenvalue weighted by molar-refractivity contribution is -0.252. The lowest BCUT2D eigenvalue weighted by Crippen LogP contribution is -2.67. The van der Waals surface area contributed by atoms with E-state index in [1.54, 1.807) is 14.2 Å². The predicted octanol–water partition coefficient (Wildman–Crippen LogP) is 14.8. The van der Waals surface area contributed by atoms with Gasteiger partial charge in [-0.1, -0.05) is 93.5 Å². The molecule has 0 spiro atoms. The molecule has 80 heavy (non-hydrogen) atoms. The summed E-state index contributed by atoms with van der Waals surface area (Å²) in [5.41, 5.74) is 4.59. The molecular weight excluding hydrogens is 1020 g/mol. The van der Waals surface area contributed by atoms with Gasteiger partial charge in [0.05, 0.1) is 12.7 Å². The summed E-state index contributed by atoms with van der Waals surface area (Å²) in [6.07, 6.45) is 23.7. The van der Waals surface area contributed by atoms with Crippen LogP contribution in [-0.2, 0) is 38.1 Å². The molecular formula is C69H113ClO10. The van der Waals surface area contributed by atoms with Gasteiger partial charge in [0.1, 0.15) is 25.9 Å². The van der Waals surface area contributed by atoms with Crippen molar-refractivity contribution < 1.29 is 48.3 Å². The minimum Gasteiger partial charge on any atom is -0.463 e. The van der Waals surface area contributed by atoms with E-state index in [9.17, 15) is 24.6 Å². The van der Waals surface area contributed by atoms with Gasteiger partial charge < -0.3 is 33.9 Å². The molecule has 11 heteroatoms. The van der Waals surface area contributed by atoms with Crippen LogP contribution in [0.3, 0.4) is 0 Å². The Morgan fingerprint density at radius 2 is 0.950 bits per heavy atom. The lowest BCUT2D eigenvalue weighted by Gasteiger charge is -2.73. The molecule has 10 fully saturated rings. The van der Waals surface area contributed by atoms with E-state index < -0.39 is 5.24 Å². The van der Waals surface area contributed by atoms with Gasteiger partial charge in [0.2, 0.25) is 5.24 Å². The van der Waals surface area contributed by atoms with Crippen LogP contribution in [0.4, 0.5) is 0 Å².